The fourth-order valence-corrected chi connectivity index (χ4v) is 4.85. The molecule has 2 aromatic heterocycles. The number of esters is 1. The van der Waals surface area contributed by atoms with Crippen molar-refractivity contribution in [2.24, 2.45) is 0 Å². The molecule has 40 heavy (non-hydrogen) atoms. The quantitative estimate of drug-likeness (QED) is 0.221. The average Bonchev–Trinajstić information content (AvgIpc) is 3.39. The minimum absolute atomic E-state index is 0.0445. The normalized spacial score (nSPS) is 10.9. The molecule has 4 aromatic rings. The molecular weight excluding hydrogens is 538 g/mol. The van der Waals surface area contributed by atoms with Crippen molar-refractivity contribution in [2.75, 3.05) is 40.4 Å². The van der Waals surface area contributed by atoms with Crippen molar-refractivity contribution in [1.29, 1.82) is 0 Å². The van der Waals surface area contributed by atoms with Gasteiger partial charge in [-0.3, -0.25) is 9.59 Å². The third-order valence-electron chi connectivity index (χ3n) is 5.79. The number of thiophene rings is 1. The van der Waals surface area contributed by atoms with Gasteiger partial charge in [0, 0.05) is 16.8 Å². The Morgan fingerprint density at radius 1 is 1.00 bits per heavy atom. The van der Waals surface area contributed by atoms with Crippen molar-refractivity contribution >= 4 is 45.1 Å². The van der Waals surface area contributed by atoms with E-state index in [1.165, 1.54) is 34.5 Å². The fourth-order valence-electron chi connectivity index (χ4n) is 3.91. The lowest BCUT2D eigenvalue weighted by molar-refractivity contribution is -0.111. The molecule has 1 amide bonds. The fraction of sp³-hybridized carbons (Fsp3) is 0.214. The van der Waals surface area contributed by atoms with Crippen LogP contribution in [0.15, 0.2) is 52.6 Å². The van der Waals surface area contributed by atoms with Crippen molar-refractivity contribution < 1.29 is 33.3 Å². The van der Waals surface area contributed by atoms with E-state index in [9.17, 15) is 14.4 Å². The highest BCUT2D eigenvalue weighted by atomic mass is 32.1. The summed E-state index contributed by atoms with van der Waals surface area (Å²) in [4.78, 5) is 39.2. The van der Waals surface area contributed by atoms with Crippen LogP contribution in [0.1, 0.15) is 23.0 Å². The van der Waals surface area contributed by atoms with Crippen LogP contribution in [0.5, 0.6) is 23.0 Å². The van der Waals surface area contributed by atoms with Crippen LogP contribution < -0.4 is 29.8 Å². The Morgan fingerprint density at radius 3 is 2.25 bits per heavy atom. The minimum Gasteiger partial charge on any atom is -0.497 e. The lowest BCUT2D eigenvalue weighted by Gasteiger charge is -2.12. The number of ether oxygens (including phenoxy) is 5. The molecule has 0 unspecified atom stereocenters. The van der Waals surface area contributed by atoms with E-state index >= 15 is 0 Å². The number of carbonyl (C=O) groups is 2. The van der Waals surface area contributed by atoms with Gasteiger partial charge in [-0.2, -0.15) is 9.78 Å². The predicted molar refractivity (Wildman–Crippen MR) is 151 cm³/mol. The molecule has 4 rings (SSSR count). The van der Waals surface area contributed by atoms with E-state index in [4.69, 9.17) is 23.7 Å². The zero-order valence-electron chi connectivity index (χ0n) is 22.5. The number of amides is 1. The van der Waals surface area contributed by atoms with Crippen molar-refractivity contribution in [3.05, 3.63) is 69.5 Å². The van der Waals surface area contributed by atoms with E-state index in [0.29, 0.717) is 34.2 Å². The third kappa shape index (κ3) is 5.61. The standard InChI is InChI=1S/C28H27N3O8S/c1-6-39-28(34)24-19-15-40-26(23(19)27(33)31(30-24)17-8-10-18(35-2)11-9-17)29-22(32)12-7-16-13-20(36-3)25(38-5)21(14-16)37-4/h7-15H,6H2,1-5H3,(H,29,32)/b12-7+. The van der Waals surface area contributed by atoms with Crippen LogP contribution in [0.25, 0.3) is 22.5 Å². The Kier molecular flexibility index (Phi) is 8.70. The highest BCUT2D eigenvalue weighted by molar-refractivity contribution is 7.16. The van der Waals surface area contributed by atoms with Gasteiger partial charge in [0.05, 0.1) is 46.1 Å². The first-order chi connectivity index (χ1) is 19.3. The smallest absolute Gasteiger partial charge is 0.359 e. The summed E-state index contributed by atoms with van der Waals surface area (Å²) >= 11 is 1.10. The third-order valence-corrected chi connectivity index (χ3v) is 6.68. The molecule has 208 valence electrons. The summed E-state index contributed by atoms with van der Waals surface area (Å²) in [6.07, 6.45) is 2.87. The Hall–Kier alpha value is -4.84. The van der Waals surface area contributed by atoms with Gasteiger partial charge in [0.2, 0.25) is 11.7 Å². The van der Waals surface area contributed by atoms with E-state index in [1.807, 2.05) is 0 Å². The Balaban J connectivity index is 1.73. The number of nitrogens with zero attached hydrogens (tertiary/aromatic N) is 2. The van der Waals surface area contributed by atoms with Crippen molar-refractivity contribution in [2.45, 2.75) is 6.92 Å². The van der Waals surface area contributed by atoms with Gasteiger partial charge in [0.25, 0.3) is 5.56 Å². The first-order valence-electron chi connectivity index (χ1n) is 12.0. The summed E-state index contributed by atoms with van der Waals surface area (Å²) in [7, 11) is 6.02. The van der Waals surface area contributed by atoms with Gasteiger partial charge >= 0.3 is 5.97 Å². The van der Waals surface area contributed by atoms with Crippen LogP contribution in [0.3, 0.4) is 0 Å². The van der Waals surface area contributed by atoms with E-state index < -0.39 is 17.4 Å². The Labute approximate surface area is 233 Å². The zero-order valence-corrected chi connectivity index (χ0v) is 23.3. The number of nitrogens with one attached hydrogen (secondary N) is 1. The number of aromatic nitrogens is 2. The SMILES string of the molecule is CCOC(=O)c1nn(-c2ccc(OC)cc2)c(=O)c2c(NC(=O)/C=C/c3cc(OC)c(OC)c(OC)c3)scc12. The number of anilines is 1. The van der Waals surface area contributed by atoms with Crippen molar-refractivity contribution in [3.8, 4) is 28.7 Å². The number of fused-ring (bicyclic) bond motifs is 1. The molecule has 0 atom stereocenters. The van der Waals surface area contributed by atoms with Gasteiger partial charge in [0.15, 0.2) is 17.2 Å². The topological polar surface area (TPSA) is 127 Å². The first-order valence-corrected chi connectivity index (χ1v) is 12.9. The molecule has 12 heteroatoms. The summed E-state index contributed by atoms with van der Waals surface area (Å²) in [5.74, 6) is 0.699. The van der Waals surface area contributed by atoms with Gasteiger partial charge in [0.1, 0.15) is 10.8 Å². The highest BCUT2D eigenvalue weighted by Gasteiger charge is 2.23. The summed E-state index contributed by atoms with van der Waals surface area (Å²) in [5.41, 5.74) is 0.468. The maximum atomic E-state index is 13.6. The van der Waals surface area contributed by atoms with Crippen molar-refractivity contribution in [1.82, 2.24) is 9.78 Å². The maximum Gasteiger partial charge on any atom is 0.359 e. The second-order valence-corrected chi connectivity index (χ2v) is 9.00. The largest absolute Gasteiger partial charge is 0.497 e. The average molecular weight is 566 g/mol. The van der Waals surface area contributed by atoms with E-state index in [2.05, 4.69) is 10.4 Å². The Bertz CT molecular complexity index is 1620. The van der Waals surface area contributed by atoms with Crippen LogP contribution in [0, 0.1) is 0 Å². The molecule has 0 aliphatic rings. The monoisotopic (exact) mass is 565 g/mol. The van der Waals surface area contributed by atoms with Crippen LogP contribution in [0.4, 0.5) is 5.00 Å². The van der Waals surface area contributed by atoms with E-state index in [0.717, 1.165) is 16.0 Å². The molecule has 0 fully saturated rings. The second-order valence-electron chi connectivity index (χ2n) is 8.12. The second kappa shape index (κ2) is 12.3. The summed E-state index contributed by atoms with van der Waals surface area (Å²) < 4.78 is 27.5. The molecular formula is C28H27N3O8S. The van der Waals surface area contributed by atoms with Gasteiger partial charge in [-0.05, 0) is 55.0 Å². The van der Waals surface area contributed by atoms with E-state index in [-0.39, 0.29) is 28.1 Å². The van der Waals surface area contributed by atoms with Crippen LogP contribution in [-0.4, -0.2) is 56.7 Å². The maximum absolute atomic E-state index is 13.6. The number of benzene rings is 2. The lowest BCUT2D eigenvalue weighted by atomic mass is 10.1. The molecule has 0 spiro atoms. The van der Waals surface area contributed by atoms with Gasteiger partial charge < -0.3 is 29.0 Å². The number of hydrogen-bond acceptors (Lipinski definition) is 10. The van der Waals surface area contributed by atoms with Gasteiger partial charge in [-0.25, -0.2) is 4.79 Å². The Morgan fingerprint density at radius 2 is 1.68 bits per heavy atom. The van der Waals surface area contributed by atoms with Crippen LogP contribution in [-0.2, 0) is 9.53 Å². The molecule has 1 N–H and O–H groups in total. The molecule has 0 radical (unpaired) electrons. The molecule has 0 saturated carbocycles. The van der Waals surface area contributed by atoms with Crippen LogP contribution in [0.2, 0.25) is 0 Å². The number of rotatable bonds is 10. The molecule has 0 aliphatic carbocycles. The molecule has 11 nitrogen and oxygen atoms in total. The number of methoxy groups -OCH3 is 4. The van der Waals surface area contributed by atoms with Gasteiger partial charge in [-0.1, -0.05) is 0 Å². The van der Waals surface area contributed by atoms with Crippen molar-refractivity contribution in [3.63, 3.8) is 0 Å². The minimum atomic E-state index is -0.687. The summed E-state index contributed by atoms with van der Waals surface area (Å²) in [5, 5.41) is 9.30. The van der Waals surface area contributed by atoms with E-state index in [1.54, 1.807) is 54.8 Å². The molecule has 2 heterocycles. The molecule has 0 saturated heterocycles. The number of carbonyl (C=O) groups excluding carboxylic acids is 2. The summed E-state index contributed by atoms with van der Waals surface area (Å²) in [6.45, 7) is 1.80. The first kappa shape index (κ1) is 28.2. The lowest BCUT2D eigenvalue weighted by Crippen LogP contribution is -2.25. The predicted octanol–water partition coefficient (Wildman–Crippen LogP) is 4.31. The van der Waals surface area contributed by atoms with Crippen LogP contribution >= 0.6 is 11.3 Å². The summed E-state index contributed by atoms with van der Waals surface area (Å²) in [6, 6.07) is 9.99. The highest BCUT2D eigenvalue weighted by Crippen LogP contribution is 2.38. The number of hydrogen-bond donors (Lipinski definition) is 1. The van der Waals surface area contributed by atoms with Gasteiger partial charge in [-0.15, -0.1) is 11.3 Å². The molecule has 2 aromatic carbocycles. The molecule has 0 bridgehead atoms. The zero-order chi connectivity index (χ0) is 28.8. The molecule has 0 aliphatic heterocycles.